The van der Waals surface area contributed by atoms with Crippen LogP contribution in [0.1, 0.15) is 45.8 Å². The number of piperidine rings is 1. The Labute approximate surface area is 225 Å². The average Bonchev–Trinajstić information content (AvgIpc) is 3.20. The quantitative estimate of drug-likeness (QED) is 0.322. The molecule has 0 bridgehead atoms. The lowest BCUT2D eigenvalue weighted by atomic mass is 9.58. The van der Waals surface area contributed by atoms with E-state index < -0.39 is 17.3 Å². The Bertz CT molecular complexity index is 1340. The minimum Gasteiger partial charge on any atom is -0.501 e. The Balaban J connectivity index is 1.36. The zero-order valence-electron chi connectivity index (χ0n) is 22.2. The van der Waals surface area contributed by atoms with Crippen molar-refractivity contribution in [2.45, 2.75) is 36.8 Å². The van der Waals surface area contributed by atoms with Crippen molar-refractivity contribution in [1.82, 2.24) is 15.1 Å². The Morgan fingerprint density at radius 1 is 1.13 bits per heavy atom. The first-order chi connectivity index (χ1) is 18.1. The van der Waals surface area contributed by atoms with Gasteiger partial charge in [0.05, 0.1) is 18.6 Å². The molecule has 2 fully saturated rings. The van der Waals surface area contributed by atoms with Gasteiger partial charge in [0.25, 0.3) is 5.91 Å². The summed E-state index contributed by atoms with van der Waals surface area (Å²) in [6, 6.07) is 10.9. The maximum absolute atomic E-state index is 13.2. The van der Waals surface area contributed by atoms with Gasteiger partial charge in [0.1, 0.15) is 34.1 Å². The number of fused-ring (bicyclic) bond motifs is 1. The summed E-state index contributed by atoms with van der Waals surface area (Å²) in [5.41, 5.74) is 4.33. The molecule has 4 amide bonds. The fraction of sp³-hybridized carbons (Fsp3) is 0.360. The fourth-order valence-corrected chi connectivity index (χ4v) is 5.72. The van der Waals surface area contributed by atoms with Crippen LogP contribution in [0.4, 0.5) is 0 Å². The van der Waals surface area contributed by atoms with Crippen molar-refractivity contribution >= 4 is 60.5 Å². The molecule has 0 spiro atoms. The summed E-state index contributed by atoms with van der Waals surface area (Å²) < 4.78 is 11.8. The Hall–Kier alpha value is -3.46. The van der Waals surface area contributed by atoms with Gasteiger partial charge in [-0.3, -0.25) is 24.5 Å². The van der Waals surface area contributed by atoms with Gasteiger partial charge in [-0.15, -0.1) is 0 Å². The fourth-order valence-electron chi connectivity index (χ4n) is 5.72. The third-order valence-electron chi connectivity index (χ3n) is 7.78. The highest BCUT2D eigenvalue weighted by Crippen LogP contribution is 2.36. The molecule has 0 aromatic heterocycles. The van der Waals surface area contributed by atoms with Gasteiger partial charge in [-0.1, -0.05) is 29.7 Å². The molecule has 0 aliphatic carbocycles. The zero-order chi connectivity index (χ0) is 27.2. The summed E-state index contributed by atoms with van der Waals surface area (Å²) in [6.45, 7) is 1.48. The molecule has 2 atom stereocenters. The number of nitrogens with zero attached hydrogens (tertiary/aromatic N) is 2. The highest BCUT2D eigenvalue weighted by molar-refractivity contribution is 6.42. The van der Waals surface area contributed by atoms with Gasteiger partial charge in [-0.25, -0.2) is 0 Å². The molecule has 0 radical (unpaired) electrons. The number of imide groups is 1. The molecule has 2 aromatic rings. The molecule has 3 heterocycles. The van der Waals surface area contributed by atoms with Crippen LogP contribution >= 0.6 is 0 Å². The smallest absolute Gasteiger partial charge is 0.255 e. The Morgan fingerprint density at radius 3 is 2.63 bits per heavy atom. The van der Waals surface area contributed by atoms with Gasteiger partial charge >= 0.3 is 0 Å². The van der Waals surface area contributed by atoms with E-state index in [0.717, 1.165) is 22.2 Å². The lowest BCUT2D eigenvalue weighted by Gasteiger charge is -2.34. The summed E-state index contributed by atoms with van der Waals surface area (Å²) >= 11 is 0. The molecule has 1 N–H and O–H groups in total. The molecule has 2 saturated heterocycles. The van der Waals surface area contributed by atoms with Crippen molar-refractivity contribution in [2.75, 3.05) is 19.8 Å². The van der Waals surface area contributed by atoms with Crippen LogP contribution in [-0.4, -0.2) is 90.6 Å². The van der Waals surface area contributed by atoms with Gasteiger partial charge in [0.15, 0.2) is 15.7 Å². The van der Waals surface area contributed by atoms with Gasteiger partial charge in [-0.2, -0.15) is 0 Å². The summed E-state index contributed by atoms with van der Waals surface area (Å²) in [5, 5.41) is 1.62. The van der Waals surface area contributed by atoms with Crippen LogP contribution in [0, 0.1) is 0 Å². The van der Waals surface area contributed by atoms with Crippen molar-refractivity contribution in [3.05, 3.63) is 58.7 Å². The van der Waals surface area contributed by atoms with Crippen LogP contribution in [0.15, 0.2) is 36.4 Å². The number of hydrogen-bond acceptors (Lipinski definition) is 6. The minimum absolute atomic E-state index is 0.00651. The molecule has 5 rings (SSSR count). The molecule has 0 saturated carbocycles. The average molecular weight is 511 g/mol. The van der Waals surface area contributed by atoms with Crippen LogP contribution in [0.2, 0.25) is 0 Å². The molecule has 3 aliphatic rings. The molecule has 13 heteroatoms. The summed E-state index contributed by atoms with van der Waals surface area (Å²) in [7, 11) is 8.02. The van der Waals surface area contributed by atoms with Crippen molar-refractivity contribution in [3.8, 4) is 5.75 Å². The largest absolute Gasteiger partial charge is 0.501 e. The highest BCUT2D eigenvalue weighted by atomic mass is 16.5. The third kappa shape index (κ3) is 4.75. The number of benzene rings is 2. The summed E-state index contributed by atoms with van der Waals surface area (Å²) in [6.07, 6.45) is 0.520. The molecule has 2 aromatic carbocycles. The van der Waals surface area contributed by atoms with E-state index in [0.29, 0.717) is 30.9 Å². The molecular weight excluding hydrogens is 482 g/mol. The number of morpholine rings is 1. The first-order valence-electron chi connectivity index (χ1n) is 13.0. The second kappa shape index (κ2) is 10.0. The monoisotopic (exact) mass is 511 g/mol. The van der Waals surface area contributed by atoms with Crippen molar-refractivity contribution < 1.29 is 28.7 Å². The van der Waals surface area contributed by atoms with Gasteiger partial charge < -0.3 is 19.3 Å². The van der Waals surface area contributed by atoms with Crippen molar-refractivity contribution in [2.24, 2.45) is 0 Å². The van der Waals surface area contributed by atoms with Gasteiger partial charge in [0.2, 0.25) is 17.7 Å². The zero-order valence-corrected chi connectivity index (χ0v) is 22.2. The Morgan fingerprint density at radius 2 is 1.92 bits per heavy atom. The van der Waals surface area contributed by atoms with Crippen LogP contribution in [0.3, 0.4) is 0 Å². The van der Waals surface area contributed by atoms with Crippen LogP contribution in [-0.2, 0) is 31.1 Å². The van der Waals surface area contributed by atoms with Crippen molar-refractivity contribution in [3.63, 3.8) is 0 Å². The predicted octanol–water partition coefficient (Wildman–Crippen LogP) is -3.35. The lowest BCUT2D eigenvalue weighted by Crippen LogP contribution is -2.52. The van der Waals surface area contributed by atoms with E-state index in [-0.39, 0.29) is 43.2 Å². The van der Waals surface area contributed by atoms with E-state index in [1.165, 1.54) is 4.90 Å². The van der Waals surface area contributed by atoms with Crippen molar-refractivity contribution in [1.29, 1.82) is 0 Å². The highest BCUT2D eigenvalue weighted by Gasteiger charge is 2.40. The van der Waals surface area contributed by atoms with Crippen LogP contribution < -0.4 is 15.5 Å². The number of hydrogen-bond donors (Lipinski definition) is 1. The maximum Gasteiger partial charge on any atom is 0.255 e. The Kier molecular flexibility index (Phi) is 6.90. The number of nitrogens with one attached hydrogen (secondary N) is 1. The normalized spacial score (nSPS) is 20.8. The van der Waals surface area contributed by atoms with E-state index >= 15 is 0 Å². The van der Waals surface area contributed by atoms with Crippen LogP contribution in [0.25, 0.3) is 0 Å². The van der Waals surface area contributed by atoms with E-state index in [9.17, 15) is 19.2 Å². The number of amides is 4. The number of ether oxygens (including phenoxy) is 2. The third-order valence-corrected chi connectivity index (χ3v) is 7.78. The second-order valence-electron chi connectivity index (χ2n) is 10.7. The molecule has 3 aliphatic heterocycles. The molecule has 2 unspecified atom stereocenters. The maximum atomic E-state index is 13.2. The predicted molar refractivity (Wildman–Crippen MR) is 150 cm³/mol. The first kappa shape index (κ1) is 26.2. The first-order valence-corrected chi connectivity index (χ1v) is 13.0. The van der Waals surface area contributed by atoms with E-state index in [4.69, 9.17) is 9.47 Å². The lowest BCUT2D eigenvalue weighted by molar-refractivity contribution is -0.143. The SMILES string of the molecule is Bc1cc(C(B)N2CCOCC2=O)ccc1C(B)(B)Oc1cccc2c1CN(C1CCC(=O)NC1=O)C2=O. The topological polar surface area (TPSA) is 105 Å². The van der Waals surface area contributed by atoms with Gasteiger partial charge in [0, 0.05) is 30.0 Å². The van der Waals surface area contributed by atoms with Gasteiger partial charge in [-0.05, 0) is 29.7 Å². The van der Waals surface area contributed by atoms with Crippen LogP contribution in [0.5, 0.6) is 5.75 Å². The van der Waals surface area contributed by atoms with E-state index in [1.807, 2.05) is 54.5 Å². The second-order valence-corrected chi connectivity index (χ2v) is 10.7. The number of carbonyl (C=O) groups excluding carboxylic acids is 4. The molecule has 9 nitrogen and oxygen atoms in total. The summed E-state index contributed by atoms with van der Waals surface area (Å²) in [4.78, 5) is 52.9. The standard InChI is InChI=1S/C25H29B4N3O6/c26-17-10-13(22(27)31-8-9-37-12-21(31)34)4-5-16(17)25(28,29)38-19-3-1-2-14-15(19)11-32(24(14)36)18-6-7-20(33)30-23(18)35/h1-5,10,18,22H,6-9,11-12,26-29H2,(H,30,33,35). The summed E-state index contributed by atoms with van der Waals surface area (Å²) in [5.74, 6) is -0.461. The van der Waals surface area contributed by atoms with E-state index in [1.54, 1.807) is 12.1 Å². The number of rotatable bonds is 6. The minimum atomic E-state index is -0.721. The molecule has 192 valence electrons. The molecule has 38 heavy (non-hydrogen) atoms. The number of carbonyl (C=O) groups is 4. The van der Waals surface area contributed by atoms with E-state index in [2.05, 4.69) is 11.4 Å². The molecular formula is C25H29B4N3O6.